The molecule has 1 N–H and O–H groups in total. The lowest BCUT2D eigenvalue weighted by atomic mass is 9.99. The molecule has 20 heavy (non-hydrogen) atoms. The van der Waals surface area contributed by atoms with E-state index >= 15 is 0 Å². The van der Waals surface area contributed by atoms with Crippen molar-refractivity contribution < 1.29 is 0 Å². The minimum Gasteiger partial charge on any atom is -0.306 e. The Balaban J connectivity index is 2.38. The topological polar surface area (TPSA) is 24.9 Å². The standard InChI is InChI=1S/C16H18BrClN2/c1-3-6-20-16(13-7-11(2)9-19-10-13)12-4-5-15(18)14(17)8-12/h4-5,7-10,16,20H,3,6H2,1-2H3. The van der Waals surface area contributed by atoms with Crippen LogP contribution in [0.4, 0.5) is 0 Å². The number of aromatic nitrogens is 1. The van der Waals surface area contributed by atoms with E-state index in [2.05, 4.69) is 58.3 Å². The van der Waals surface area contributed by atoms with Gasteiger partial charge in [0.2, 0.25) is 0 Å². The maximum Gasteiger partial charge on any atom is 0.0592 e. The summed E-state index contributed by atoms with van der Waals surface area (Å²) in [6.45, 7) is 5.18. The van der Waals surface area contributed by atoms with E-state index in [1.54, 1.807) is 0 Å². The van der Waals surface area contributed by atoms with Crippen LogP contribution in [0.25, 0.3) is 0 Å². The highest BCUT2D eigenvalue weighted by Crippen LogP contribution is 2.29. The van der Waals surface area contributed by atoms with Crippen LogP contribution >= 0.6 is 27.5 Å². The van der Waals surface area contributed by atoms with Crippen LogP contribution in [0.5, 0.6) is 0 Å². The van der Waals surface area contributed by atoms with Gasteiger partial charge in [-0.2, -0.15) is 0 Å². The highest BCUT2D eigenvalue weighted by atomic mass is 79.9. The zero-order chi connectivity index (χ0) is 14.5. The molecule has 0 amide bonds. The van der Waals surface area contributed by atoms with Gasteiger partial charge < -0.3 is 5.32 Å². The predicted molar refractivity (Wildman–Crippen MR) is 88.3 cm³/mol. The highest BCUT2D eigenvalue weighted by Gasteiger charge is 2.15. The van der Waals surface area contributed by atoms with Crippen LogP contribution < -0.4 is 5.32 Å². The summed E-state index contributed by atoms with van der Waals surface area (Å²) in [6.07, 6.45) is 4.88. The smallest absolute Gasteiger partial charge is 0.0592 e. The molecule has 1 aromatic carbocycles. The SMILES string of the molecule is CCCNC(c1cncc(C)c1)c1ccc(Cl)c(Br)c1. The van der Waals surface area contributed by atoms with E-state index in [1.807, 2.05) is 18.5 Å². The monoisotopic (exact) mass is 352 g/mol. The quantitative estimate of drug-likeness (QED) is 0.827. The Morgan fingerprint density at radius 1 is 1.25 bits per heavy atom. The maximum atomic E-state index is 6.08. The second-order valence-electron chi connectivity index (χ2n) is 4.86. The first-order chi connectivity index (χ1) is 9.61. The molecule has 1 aromatic heterocycles. The van der Waals surface area contributed by atoms with Crippen LogP contribution in [0.2, 0.25) is 5.02 Å². The van der Waals surface area contributed by atoms with Gasteiger partial charge in [-0.3, -0.25) is 4.98 Å². The molecule has 1 atom stereocenters. The van der Waals surface area contributed by atoms with Crippen LogP contribution in [-0.2, 0) is 0 Å². The number of benzene rings is 1. The summed E-state index contributed by atoms with van der Waals surface area (Å²) in [6, 6.07) is 8.35. The zero-order valence-corrected chi connectivity index (χ0v) is 14.0. The molecule has 4 heteroatoms. The number of pyridine rings is 1. The number of hydrogen-bond donors (Lipinski definition) is 1. The first-order valence-corrected chi connectivity index (χ1v) is 7.88. The van der Waals surface area contributed by atoms with Gasteiger partial charge in [0, 0.05) is 16.9 Å². The fourth-order valence-electron chi connectivity index (χ4n) is 2.14. The highest BCUT2D eigenvalue weighted by molar-refractivity contribution is 9.10. The minimum atomic E-state index is 0.135. The number of rotatable bonds is 5. The molecule has 0 aliphatic rings. The predicted octanol–water partition coefficient (Wildman–Crippen LogP) is 4.89. The molecule has 2 aromatic rings. The summed E-state index contributed by atoms with van der Waals surface area (Å²) in [4.78, 5) is 4.30. The Kier molecular flexibility index (Phi) is 5.58. The van der Waals surface area contributed by atoms with Gasteiger partial charge in [-0.15, -0.1) is 0 Å². The summed E-state index contributed by atoms with van der Waals surface area (Å²) in [5.74, 6) is 0. The van der Waals surface area contributed by atoms with Crippen molar-refractivity contribution in [3.05, 3.63) is 62.8 Å². The number of aryl methyl sites for hydroxylation is 1. The van der Waals surface area contributed by atoms with Crippen LogP contribution in [0.1, 0.15) is 36.1 Å². The summed E-state index contributed by atoms with van der Waals surface area (Å²) in [5, 5.41) is 4.30. The average Bonchev–Trinajstić information content (AvgIpc) is 2.43. The summed E-state index contributed by atoms with van der Waals surface area (Å²) in [7, 11) is 0. The number of nitrogens with zero attached hydrogens (tertiary/aromatic N) is 1. The number of hydrogen-bond acceptors (Lipinski definition) is 2. The van der Waals surface area contributed by atoms with Crippen molar-refractivity contribution in [1.82, 2.24) is 10.3 Å². The van der Waals surface area contributed by atoms with E-state index in [0.717, 1.165) is 22.5 Å². The van der Waals surface area contributed by atoms with Crippen molar-refractivity contribution in [3.8, 4) is 0 Å². The van der Waals surface area contributed by atoms with Crippen molar-refractivity contribution in [1.29, 1.82) is 0 Å². The Bertz CT molecular complexity index is 586. The Morgan fingerprint density at radius 3 is 2.70 bits per heavy atom. The number of nitrogens with one attached hydrogen (secondary N) is 1. The van der Waals surface area contributed by atoms with E-state index in [0.29, 0.717) is 0 Å². The van der Waals surface area contributed by atoms with Gasteiger partial charge in [0.1, 0.15) is 0 Å². The van der Waals surface area contributed by atoms with E-state index in [1.165, 1.54) is 16.7 Å². The second-order valence-corrected chi connectivity index (χ2v) is 6.12. The van der Waals surface area contributed by atoms with Crippen LogP contribution in [-0.4, -0.2) is 11.5 Å². The third-order valence-electron chi connectivity index (χ3n) is 3.10. The van der Waals surface area contributed by atoms with Gasteiger partial charge in [0.25, 0.3) is 0 Å². The van der Waals surface area contributed by atoms with Crippen molar-refractivity contribution in [2.24, 2.45) is 0 Å². The lowest BCUT2D eigenvalue weighted by Crippen LogP contribution is -2.23. The minimum absolute atomic E-state index is 0.135. The molecule has 106 valence electrons. The van der Waals surface area contributed by atoms with Gasteiger partial charge in [-0.05, 0) is 64.6 Å². The Hall–Kier alpha value is -0.900. The lowest BCUT2D eigenvalue weighted by molar-refractivity contribution is 0.596. The van der Waals surface area contributed by atoms with E-state index in [-0.39, 0.29) is 6.04 Å². The average molecular weight is 354 g/mol. The van der Waals surface area contributed by atoms with Crippen molar-refractivity contribution in [2.45, 2.75) is 26.3 Å². The van der Waals surface area contributed by atoms with Crippen molar-refractivity contribution in [2.75, 3.05) is 6.54 Å². The molecule has 0 aliphatic carbocycles. The molecule has 0 aliphatic heterocycles. The molecule has 1 heterocycles. The third kappa shape index (κ3) is 3.81. The molecule has 0 bridgehead atoms. The van der Waals surface area contributed by atoms with Gasteiger partial charge in [-0.25, -0.2) is 0 Å². The first-order valence-electron chi connectivity index (χ1n) is 6.71. The molecule has 2 nitrogen and oxygen atoms in total. The molecule has 0 spiro atoms. The third-order valence-corrected chi connectivity index (χ3v) is 4.32. The van der Waals surface area contributed by atoms with Gasteiger partial charge in [0.05, 0.1) is 11.1 Å². The molecular formula is C16H18BrClN2. The fourth-order valence-corrected chi connectivity index (χ4v) is 2.66. The second kappa shape index (κ2) is 7.21. The zero-order valence-electron chi connectivity index (χ0n) is 11.7. The molecule has 2 rings (SSSR count). The molecule has 0 radical (unpaired) electrons. The molecule has 0 saturated heterocycles. The van der Waals surface area contributed by atoms with Gasteiger partial charge >= 0.3 is 0 Å². The molecule has 0 saturated carbocycles. The van der Waals surface area contributed by atoms with Crippen LogP contribution in [0.15, 0.2) is 41.1 Å². The lowest BCUT2D eigenvalue weighted by Gasteiger charge is -2.20. The summed E-state index contributed by atoms with van der Waals surface area (Å²) < 4.78 is 0.917. The number of halogens is 2. The molecule has 1 unspecified atom stereocenters. The largest absolute Gasteiger partial charge is 0.306 e. The van der Waals surface area contributed by atoms with Gasteiger partial charge in [0.15, 0.2) is 0 Å². The molecule has 0 fully saturated rings. The van der Waals surface area contributed by atoms with Crippen LogP contribution in [0, 0.1) is 6.92 Å². The van der Waals surface area contributed by atoms with Gasteiger partial charge in [-0.1, -0.05) is 30.7 Å². The summed E-state index contributed by atoms with van der Waals surface area (Å²) >= 11 is 9.58. The maximum absolute atomic E-state index is 6.08. The molecular weight excluding hydrogens is 336 g/mol. The van der Waals surface area contributed by atoms with Crippen molar-refractivity contribution >= 4 is 27.5 Å². The Morgan fingerprint density at radius 2 is 2.05 bits per heavy atom. The Labute approximate surface area is 133 Å². The van der Waals surface area contributed by atoms with E-state index < -0.39 is 0 Å². The van der Waals surface area contributed by atoms with E-state index in [4.69, 9.17) is 11.6 Å². The fraction of sp³-hybridized carbons (Fsp3) is 0.312. The van der Waals surface area contributed by atoms with E-state index in [9.17, 15) is 0 Å². The van der Waals surface area contributed by atoms with Crippen molar-refractivity contribution in [3.63, 3.8) is 0 Å². The summed E-state index contributed by atoms with van der Waals surface area (Å²) in [5.41, 5.74) is 3.52. The first kappa shape index (κ1) is 15.5. The van der Waals surface area contributed by atoms with Crippen LogP contribution in [0.3, 0.4) is 0 Å². The normalized spacial score (nSPS) is 12.4.